The molecule has 2 N–H and O–H groups in total. The van der Waals surface area contributed by atoms with Crippen LogP contribution in [0, 0.1) is 0 Å². The van der Waals surface area contributed by atoms with Crippen molar-refractivity contribution in [3.05, 3.63) is 30.7 Å². The summed E-state index contributed by atoms with van der Waals surface area (Å²) in [6.07, 6.45) is 3.09. The maximum atomic E-state index is 5.92. The standard InChI is InChI=1S/C13H13N5O2/c1-18-12-9(6-17-18)13(16-7-15-12)20-11-4-3-8(19-2)5-10(11)14/h3-7H,14H2,1-2H3. The van der Waals surface area contributed by atoms with Crippen LogP contribution in [0.1, 0.15) is 0 Å². The van der Waals surface area contributed by atoms with E-state index in [1.165, 1.54) is 6.33 Å². The average molecular weight is 271 g/mol. The van der Waals surface area contributed by atoms with Gasteiger partial charge in [-0.15, -0.1) is 0 Å². The summed E-state index contributed by atoms with van der Waals surface area (Å²) in [7, 11) is 3.39. The molecule has 102 valence electrons. The Bertz CT molecular complexity index is 769. The molecule has 7 nitrogen and oxygen atoms in total. The average Bonchev–Trinajstić information content (AvgIpc) is 2.84. The first-order valence-electron chi connectivity index (χ1n) is 5.93. The van der Waals surface area contributed by atoms with Crippen molar-refractivity contribution < 1.29 is 9.47 Å². The monoisotopic (exact) mass is 271 g/mol. The van der Waals surface area contributed by atoms with Crippen LogP contribution in [0.2, 0.25) is 0 Å². The second kappa shape index (κ2) is 4.69. The topological polar surface area (TPSA) is 88.1 Å². The Hall–Kier alpha value is -2.83. The van der Waals surface area contributed by atoms with Gasteiger partial charge < -0.3 is 15.2 Å². The summed E-state index contributed by atoms with van der Waals surface area (Å²) in [6, 6.07) is 5.20. The Morgan fingerprint density at radius 3 is 2.85 bits per heavy atom. The number of aromatic nitrogens is 4. The van der Waals surface area contributed by atoms with E-state index in [0.29, 0.717) is 28.7 Å². The molecule has 0 atom stereocenters. The number of methoxy groups -OCH3 is 1. The van der Waals surface area contributed by atoms with E-state index < -0.39 is 0 Å². The summed E-state index contributed by atoms with van der Waals surface area (Å²) < 4.78 is 12.5. The number of nitrogens with two attached hydrogens (primary N) is 1. The predicted octanol–water partition coefficient (Wildman–Crippen LogP) is 1.75. The molecular formula is C13H13N5O2. The largest absolute Gasteiger partial charge is 0.497 e. The van der Waals surface area contributed by atoms with Crippen LogP contribution in [0.25, 0.3) is 11.0 Å². The zero-order valence-corrected chi connectivity index (χ0v) is 11.1. The predicted molar refractivity (Wildman–Crippen MR) is 73.8 cm³/mol. The molecule has 0 bridgehead atoms. The first-order chi connectivity index (χ1) is 9.69. The third-order valence-corrected chi connectivity index (χ3v) is 2.92. The number of anilines is 1. The Labute approximate surface area is 115 Å². The molecule has 20 heavy (non-hydrogen) atoms. The van der Waals surface area contributed by atoms with E-state index in [0.717, 1.165) is 5.39 Å². The highest BCUT2D eigenvalue weighted by atomic mass is 16.5. The molecular weight excluding hydrogens is 258 g/mol. The van der Waals surface area contributed by atoms with Crippen LogP contribution in [0.15, 0.2) is 30.7 Å². The van der Waals surface area contributed by atoms with Gasteiger partial charge in [0.05, 0.1) is 19.0 Å². The second-order valence-corrected chi connectivity index (χ2v) is 4.19. The molecule has 0 unspecified atom stereocenters. The van der Waals surface area contributed by atoms with Crippen molar-refractivity contribution >= 4 is 16.7 Å². The van der Waals surface area contributed by atoms with E-state index in [-0.39, 0.29) is 0 Å². The van der Waals surface area contributed by atoms with Gasteiger partial charge in [-0.1, -0.05) is 0 Å². The van der Waals surface area contributed by atoms with E-state index in [2.05, 4.69) is 15.1 Å². The molecule has 0 fully saturated rings. The number of aryl methyl sites for hydroxylation is 1. The van der Waals surface area contributed by atoms with Gasteiger partial charge in [0.25, 0.3) is 0 Å². The van der Waals surface area contributed by atoms with Crippen molar-refractivity contribution in [2.75, 3.05) is 12.8 Å². The molecule has 0 aliphatic carbocycles. The van der Waals surface area contributed by atoms with E-state index >= 15 is 0 Å². The van der Waals surface area contributed by atoms with E-state index in [4.69, 9.17) is 15.2 Å². The van der Waals surface area contributed by atoms with Crippen LogP contribution in [0.4, 0.5) is 5.69 Å². The van der Waals surface area contributed by atoms with Crippen LogP contribution in [-0.4, -0.2) is 26.9 Å². The van der Waals surface area contributed by atoms with Gasteiger partial charge >= 0.3 is 0 Å². The molecule has 1 aromatic carbocycles. The molecule has 0 amide bonds. The number of fused-ring (bicyclic) bond motifs is 1. The Morgan fingerprint density at radius 2 is 2.10 bits per heavy atom. The molecule has 0 aliphatic rings. The van der Waals surface area contributed by atoms with Gasteiger partial charge in [-0.2, -0.15) is 5.10 Å². The van der Waals surface area contributed by atoms with Crippen molar-refractivity contribution in [1.82, 2.24) is 19.7 Å². The molecule has 2 heterocycles. The maximum Gasteiger partial charge on any atom is 0.233 e. The lowest BCUT2D eigenvalue weighted by Gasteiger charge is -2.09. The minimum atomic E-state index is 0.417. The number of ether oxygens (including phenoxy) is 2. The zero-order valence-electron chi connectivity index (χ0n) is 11.1. The summed E-state index contributed by atoms with van der Waals surface area (Å²) >= 11 is 0. The van der Waals surface area contributed by atoms with Gasteiger partial charge in [0.1, 0.15) is 17.5 Å². The Balaban J connectivity index is 2.01. The maximum absolute atomic E-state index is 5.92. The van der Waals surface area contributed by atoms with Crippen LogP contribution >= 0.6 is 0 Å². The summed E-state index contributed by atoms with van der Waals surface area (Å²) in [4.78, 5) is 8.28. The van der Waals surface area contributed by atoms with Crippen molar-refractivity contribution in [1.29, 1.82) is 0 Å². The van der Waals surface area contributed by atoms with Crippen molar-refractivity contribution in [3.8, 4) is 17.4 Å². The van der Waals surface area contributed by atoms with Crippen molar-refractivity contribution in [2.45, 2.75) is 0 Å². The van der Waals surface area contributed by atoms with Crippen molar-refractivity contribution in [2.24, 2.45) is 7.05 Å². The number of nitrogens with zero attached hydrogens (tertiary/aromatic N) is 4. The van der Waals surface area contributed by atoms with E-state index in [9.17, 15) is 0 Å². The summed E-state index contributed by atoms with van der Waals surface area (Å²) in [5.74, 6) is 1.60. The van der Waals surface area contributed by atoms with Crippen LogP contribution in [0.5, 0.6) is 17.4 Å². The number of hydrogen-bond donors (Lipinski definition) is 1. The van der Waals surface area contributed by atoms with Gasteiger partial charge in [-0.3, -0.25) is 4.68 Å². The highest BCUT2D eigenvalue weighted by molar-refractivity contribution is 5.80. The zero-order chi connectivity index (χ0) is 14.1. The third-order valence-electron chi connectivity index (χ3n) is 2.92. The highest BCUT2D eigenvalue weighted by Gasteiger charge is 2.11. The molecule has 3 rings (SSSR count). The molecule has 2 aromatic heterocycles. The molecule has 7 heteroatoms. The number of benzene rings is 1. The molecule has 0 radical (unpaired) electrons. The molecule has 3 aromatic rings. The fourth-order valence-corrected chi connectivity index (χ4v) is 1.87. The van der Waals surface area contributed by atoms with Crippen LogP contribution in [0.3, 0.4) is 0 Å². The van der Waals surface area contributed by atoms with Crippen LogP contribution < -0.4 is 15.2 Å². The first-order valence-corrected chi connectivity index (χ1v) is 5.93. The third kappa shape index (κ3) is 1.99. The fraction of sp³-hybridized carbons (Fsp3) is 0.154. The molecule has 0 spiro atoms. The fourth-order valence-electron chi connectivity index (χ4n) is 1.87. The van der Waals surface area contributed by atoms with Gasteiger partial charge in [-0.05, 0) is 12.1 Å². The van der Waals surface area contributed by atoms with Gasteiger partial charge in [-0.25, -0.2) is 9.97 Å². The van der Waals surface area contributed by atoms with E-state index in [1.54, 1.807) is 43.2 Å². The SMILES string of the molecule is COc1ccc(Oc2ncnc3c2cnn3C)c(N)c1. The Morgan fingerprint density at radius 1 is 1.25 bits per heavy atom. The normalized spacial score (nSPS) is 10.7. The van der Waals surface area contributed by atoms with Gasteiger partial charge in [0, 0.05) is 13.1 Å². The van der Waals surface area contributed by atoms with Gasteiger partial charge in [0.2, 0.25) is 5.88 Å². The van der Waals surface area contributed by atoms with Gasteiger partial charge in [0.15, 0.2) is 11.4 Å². The highest BCUT2D eigenvalue weighted by Crippen LogP contribution is 2.32. The minimum Gasteiger partial charge on any atom is -0.497 e. The number of nitrogen functional groups attached to an aromatic ring is 1. The minimum absolute atomic E-state index is 0.417. The number of hydrogen-bond acceptors (Lipinski definition) is 6. The lowest BCUT2D eigenvalue weighted by molar-refractivity contribution is 0.413. The quantitative estimate of drug-likeness (QED) is 0.730. The molecule has 0 saturated heterocycles. The lowest BCUT2D eigenvalue weighted by Crippen LogP contribution is -1.96. The Kier molecular flexibility index (Phi) is 2.86. The first kappa shape index (κ1) is 12.2. The second-order valence-electron chi connectivity index (χ2n) is 4.19. The lowest BCUT2D eigenvalue weighted by atomic mass is 10.3. The van der Waals surface area contributed by atoms with Crippen molar-refractivity contribution in [3.63, 3.8) is 0 Å². The smallest absolute Gasteiger partial charge is 0.233 e. The summed E-state index contributed by atoms with van der Waals surface area (Å²) in [5.41, 5.74) is 7.09. The van der Waals surface area contributed by atoms with E-state index in [1.807, 2.05) is 0 Å². The summed E-state index contributed by atoms with van der Waals surface area (Å²) in [6.45, 7) is 0. The number of rotatable bonds is 3. The molecule has 0 saturated carbocycles. The summed E-state index contributed by atoms with van der Waals surface area (Å²) in [5, 5.41) is 4.86. The molecule has 0 aliphatic heterocycles. The van der Waals surface area contributed by atoms with Crippen LogP contribution in [-0.2, 0) is 7.05 Å².